The van der Waals surface area contributed by atoms with Crippen LogP contribution in [0.25, 0.3) is 10.7 Å². The van der Waals surface area contributed by atoms with E-state index in [0.29, 0.717) is 11.4 Å². The van der Waals surface area contributed by atoms with Crippen molar-refractivity contribution in [3.05, 3.63) is 35.0 Å². The van der Waals surface area contributed by atoms with Crippen molar-refractivity contribution in [3.8, 4) is 10.7 Å². The Labute approximate surface area is 122 Å². The molecule has 0 unspecified atom stereocenters. The van der Waals surface area contributed by atoms with E-state index in [0.717, 1.165) is 22.9 Å². The van der Waals surface area contributed by atoms with Gasteiger partial charge in [0, 0.05) is 19.3 Å². The molecule has 0 atom stereocenters. The first kappa shape index (κ1) is 14.6. The van der Waals surface area contributed by atoms with Crippen LogP contribution >= 0.6 is 11.3 Å². The Morgan fingerprint density at radius 2 is 2.20 bits per heavy atom. The average Bonchev–Trinajstić information content (AvgIpc) is 2.81. The fraction of sp³-hybridized carbons (Fsp3) is 0.357. The topological polar surface area (TPSA) is 58.1 Å². The SMILES string of the molecule is Cc1nc(-c2ccccn2)sc1C(=O)NCCN(C)C. The molecule has 2 rings (SSSR count). The molecule has 106 valence electrons. The van der Waals surface area contributed by atoms with Gasteiger partial charge in [-0.2, -0.15) is 0 Å². The lowest BCUT2D eigenvalue weighted by molar-refractivity contribution is 0.0954. The fourth-order valence-corrected chi connectivity index (χ4v) is 2.64. The summed E-state index contributed by atoms with van der Waals surface area (Å²) in [5.41, 5.74) is 1.55. The second-order valence-electron chi connectivity index (χ2n) is 4.71. The Balaban J connectivity index is 2.10. The van der Waals surface area contributed by atoms with Gasteiger partial charge in [-0.3, -0.25) is 9.78 Å². The molecule has 0 aromatic carbocycles. The Kier molecular flexibility index (Phi) is 4.81. The summed E-state index contributed by atoms with van der Waals surface area (Å²) in [6.07, 6.45) is 1.73. The highest BCUT2D eigenvalue weighted by atomic mass is 32.1. The minimum Gasteiger partial charge on any atom is -0.350 e. The number of aryl methyl sites for hydroxylation is 1. The van der Waals surface area contributed by atoms with Crippen LogP contribution in [0.15, 0.2) is 24.4 Å². The van der Waals surface area contributed by atoms with Crippen molar-refractivity contribution < 1.29 is 4.79 Å². The third-order valence-corrected chi connectivity index (χ3v) is 3.91. The third kappa shape index (κ3) is 3.61. The number of likely N-dealkylation sites (N-methyl/N-ethyl adjacent to an activating group) is 1. The third-order valence-electron chi connectivity index (χ3n) is 2.73. The molecule has 0 bridgehead atoms. The van der Waals surface area contributed by atoms with Crippen molar-refractivity contribution in [1.29, 1.82) is 0 Å². The highest BCUT2D eigenvalue weighted by Crippen LogP contribution is 2.26. The summed E-state index contributed by atoms with van der Waals surface area (Å²) in [4.78, 5) is 23.5. The van der Waals surface area contributed by atoms with Gasteiger partial charge in [0.1, 0.15) is 9.88 Å². The second-order valence-corrected chi connectivity index (χ2v) is 5.71. The van der Waals surface area contributed by atoms with Gasteiger partial charge in [0.2, 0.25) is 0 Å². The van der Waals surface area contributed by atoms with Crippen molar-refractivity contribution in [1.82, 2.24) is 20.2 Å². The van der Waals surface area contributed by atoms with Crippen LogP contribution in [0.4, 0.5) is 0 Å². The van der Waals surface area contributed by atoms with Crippen molar-refractivity contribution in [3.63, 3.8) is 0 Å². The van der Waals surface area contributed by atoms with Crippen molar-refractivity contribution in [2.75, 3.05) is 27.2 Å². The van der Waals surface area contributed by atoms with Gasteiger partial charge in [0.25, 0.3) is 5.91 Å². The molecule has 1 amide bonds. The van der Waals surface area contributed by atoms with Crippen LogP contribution in [0, 0.1) is 6.92 Å². The van der Waals surface area contributed by atoms with E-state index in [9.17, 15) is 4.79 Å². The van der Waals surface area contributed by atoms with Crippen molar-refractivity contribution in [2.24, 2.45) is 0 Å². The normalized spacial score (nSPS) is 10.8. The van der Waals surface area contributed by atoms with E-state index in [1.807, 2.05) is 44.1 Å². The lowest BCUT2D eigenvalue weighted by atomic mass is 10.3. The molecule has 2 aromatic heterocycles. The van der Waals surface area contributed by atoms with Crippen LogP contribution in [0.1, 0.15) is 15.4 Å². The Morgan fingerprint density at radius 3 is 2.85 bits per heavy atom. The van der Waals surface area contributed by atoms with Crippen LogP contribution in [0.3, 0.4) is 0 Å². The lowest BCUT2D eigenvalue weighted by Crippen LogP contribution is -2.31. The molecule has 0 aliphatic rings. The quantitative estimate of drug-likeness (QED) is 0.912. The average molecular weight is 290 g/mol. The molecule has 20 heavy (non-hydrogen) atoms. The minimum atomic E-state index is -0.0657. The maximum atomic E-state index is 12.1. The molecule has 0 fully saturated rings. The van der Waals surface area contributed by atoms with Crippen LogP contribution in [-0.4, -0.2) is 48.0 Å². The summed E-state index contributed by atoms with van der Waals surface area (Å²) in [6.45, 7) is 3.29. The zero-order chi connectivity index (χ0) is 14.5. The van der Waals surface area contributed by atoms with Gasteiger partial charge in [-0.1, -0.05) is 6.07 Å². The predicted molar refractivity (Wildman–Crippen MR) is 81.0 cm³/mol. The number of pyridine rings is 1. The molecule has 0 radical (unpaired) electrons. The molecule has 0 saturated carbocycles. The summed E-state index contributed by atoms with van der Waals surface area (Å²) in [5.74, 6) is -0.0657. The van der Waals surface area contributed by atoms with Gasteiger partial charge in [-0.15, -0.1) is 11.3 Å². The maximum Gasteiger partial charge on any atom is 0.263 e. The standard InChI is InChI=1S/C14H18N4OS/c1-10-12(13(19)16-8-9-18(2)3)20-14(17-10)11-6-4-5-7-15-11/h4-7H,8-9H2,1-3H3,(H,16,19). The molecule has 5 nitrogen and oxygen atoms in total. The van der Waals surface area contributed by atoms with Gasteiger partial charge in [-0.05, 0) is 33.2 Å². The fourth-order valence-electron chi connectivity index (χ4n) is 1.68. The molecule has 0 aliphatic carbocycles. The summed E-state index contributed by atoms with van der Waals surface area (Å²) in [5, 5.41) is 3.68. The number of carbonyl (C=O) groups is 1. The smallest absolute Gasteiger partial charge is 0.263 e. The number of hydrogen-bond acceptors (Lipinski definition) is 5. The lowest BCUT2D eigenvalue weighted by Gasteiger charge is -2.09. The molecule has 1 N–H and O–H groups in total. The molecule has 0 spiro atoms. The summed E-state index contributed by atoms with van der Waals surface area (Å²) < 4.78 is 0. The summed E-state index contributed by atoms with van der Waals surface area (Å²) in [6, 6.07) is 5.67. The minimum absolute atomic E-state index is 0.0657. The zero-order valence-corrected chi connectivity index (χ0v) is 12.7. The van der Waals surface area contributed by atoms with Gasteiger partial charge in [0.05, 0.1) is 11.4 Å². The van der Waals surface area contributed by atoms with E-state index in [4.69, 9.17) is 0 Å². The van der Waals surface area contributed by atoms with Crippen LogP contribution in [-0.2, 0) is 0 Å². The van der Waals surface area contributed by atoms with E-state index in [-0.39, 0.29) is 5.91 Å². The summed E-state index contributed by atoms with van der Waals surface area (Å²) >= 11 is 1.38. The Bertz CT molecular complexity index is 580. The first-order chi connectivity index (χ1) is 9.58. The number of hydrogen-bond donors (Lipinski definition) is 1. The molecular weight excluding hydrogens is 272 g/mol. The van der Waals surface area contributed by atoms with E-state index in [1.54, 1.807) is 6.20 Å². The van der Waals surface area contributed by atoms with E-state index in [1.165, 1.54) is 11.3 Å². The first-order valence-electron chi connectivity index (χ1n) is 6.39. The summed E-state index contributed by atoms with van der Waals surface area (Å²) in [7, 11) is 3.95. The number of nitrogens with one attached hydrogen (secondary N) is 1. The van der Waals surface area contributed by atoms with Crippen molar-refractivity contribution >= 4 is 17.2 Å². The number of rotatable bonds is 5. The largest absolute Gasteiger partial charge is 0.350 e. The molecule has 2 heterocycles. The molecular formula is C14H18N4OS. The second kappa shape index (κ2) is 6.58. The molecule has 6 heteroatoms. The zero-order valence-electron chi connectivity index (χ0n) is 11.9. The maximum absolute atomic E-state index is 12.1. The van der Waals surface area contributed by atoms with E-state index >= 15 is 0 Å². The number of nitrogens with zero attached hydrogens (tertiary/aromatic N) is 3. The predicted octanol–water partition coefficient (Wildman–Crippen LogP) is 1.80. The number of carbonyl (C=O) groups excluding carboxylic acids is 1. The number of thiazole rings is 1. The van der Waals surface area contributed by atoms with Crippen molar-refractivity contribution in [2.45, 2.75) is 6.92 Å². The number of aromatic nitrogens is 2. The van der Waals surface area contributed by atoms with Gasteiger partial charge < -0.3 is 10.2 Å². The highest BCUT2D eigenvalue weighted by molar-refractivity contribution is 7.17. The molecule has 2 aromatic rings. The monoisotopic (exact) mass is 290 g/mol. The Hall–Kier alpha value is -1.79. The number of amides is 1. The van der Waals surface area contributed by atoms with Crippen LogP contribution in [0.2, 0.25) is 0 Å². The highest BCUT2D eigenvalue weighted by Gasteiger charge is 2.16. The van der Waals surface area contributed by atoms with E-state index in [2.05, 4.69) is 15.3 Å². The van der Waals surface area contributed by atoms with Gasteiger partial charge in [-0.25, -0.2) is 4.98 Å². The van der Waals surface area contributed by atoms with Crippen LogP contribution < -0.4 is 5.32 Å². The molecule has 0 aliphatic heterocycles. The van der Waals surface area contributed by atoms with Gasteiger partial charge >= 0.3 is 0 Å². The van der Waals surface area contributed by atoms with Gasteiger partial charge in [0.15, 0.2) is 0 Å². The molecule has 0 saturated heterocycles. The van der Waals surface area contributed by atoms with Crippen LogP contribution in [0.5, 0.6) is 0 Å². The van der Waals surface area contributed by atoms with E-state index < -0.39 is 0 Å². The first-order valence-corrected chi connectivity index (χ1v) is 7.21. The Morgan fingerprint density at radius 1 is 1.40 bits per heavy atom.